The average molecular weight is 407 g/mol. The van der Waals surface area contributed by atoms with E-state index in [2.05, 4.69) is 15.3 Å². The molecule has 2 N–H and O–H groups in total. The number of likely N-dealkylation sites (N-methyl/N-ethyl adjacent to an activating group) is 1. The molecule has 6 nitrogen and oxygen atoms in total. The fraction of sp³-hybridized carbons (Fsp3) is 0.167. The second-order valence-electron chi connectivity index (χ2n) is 5.80. The van der Waals surface area contributed by atoms with Gasteiger partial charge in [-0.05, 0) is 42.5 Å². The van der Waals surface area contributed by atoms with Crippen molar-refractivity contribution in [1.82, 2.24) is 14.9 Å². The van der Waals surface area contributed by atoms with E-state index in [9.17, 15) is 14.0 Å². The molecule has 3 rings (SSSR count). The van der Waals surface area contributed by atoms with Gasteiger partial charge in [-0.3, -0.25) is 9.59 Å². The third-order valence-corrected chi connectivity index (χ3v) is 4.78. The van der Waals surface area contributed by atoms with Crippen LogP contribution in [0.5, 0.6) is 0 Å². The highest BCUT2D eigenvalue weighted by molar-refractivity contribution is 7.99. The highest BCUT2D eigenvalue weighted by atomic mass is 35.5. The zero-order valence-corrected chi connectivity index (χ0v) is 15.9. The number of nitrogens with one attached hydrogen (secondary N) is 2. The molecule has 2 amide bonds. The van der Waals surface area contributed by atoms with E-state index in [1.165, 1.54) is 40.9 Å². The highest BCUT2D eigenvalue weighted by Crippen LogP contribution is 2.22. The maximum absolute atomic E-state index is 12.9. The Morgan fingerprint density at radius 1 is 1.26 bits per heavy atom. The molecule has 0 saturated heterocycles. The van der Waals surface area contributed by atoms with Crippen molar-refractivity contribution in [3.05, 3.63) is 53.3 Å². The zero-order chi connectivity index (χ0) is 19.4. The third kappa shape index (κ3) is 5.21. The maximum Gasteiger partial charge on any atom is 0.243 e. The molecule has 0 fully saturated rings. The van der Waals surface area contributed by atoms with Crippen molar-refractivity contribution in [1.29, 1.82) is 0 Å². The molecule has 27 heavy (non-hydrogen) atoms. The van der Waals surface area contributed by atoms with Crippen LogP contribution < -0.4 is 5.32 Å². The minimum Gasteiger partial charge on any atom is -0.336 e. The van der Waals surface area contributed by atoms with Crippen LogP contribution in [0.4, 0.5) is 10.1 Å². The Balaban J connectivity index is 1.50. The van der Waals surface area contributed by atoms with Gasteiger partial charge in [0, 0.05) is 17.8 Å². The van der Waals surface area contributed by atoms with Crippen LogP contribution in [-0.4, -0.2) is 46.0 Å². The Bertz CT molecular complexity index is 977. The van der Waals surface area contributed by atoms with Gasteiger partial charge in [-0.1, -0.05) is 23.4 Å². The number of amides is 2. The highest BCUT2D eigenvalue weighted by Gasteiger charge is 2.15. The van der Waals surface area contributed by atoms with Crippen molar-refractivity contribution in [3.8, 4) is 0 Å². The van der Waals surface area contributed by atoms with E-state index in [0.29, 0.717) is 15.9 Å². The van der Waals surface area contributed by atoms with Crippen molar-refractivity contribution < 1.29 is 14.0 Å². The Morgan fingerprint density at radius 3 is 2.74 bits per heavy atom. The molecule has 0 spiro atoms. The fourth-order valence-corrected chi connectivity index (χ4v) is 3.30. The second kappa shape index (κ2) is 8.41. The monoisotopic (exact) mass is 406 g/mol. The number of nitrogens with zero attached hydrogens (tertiary/aromatic N) is 2. The van der Waals surface area contributed by atoms with Crippen LogP contribution in [0.25, 0.3) is 11.0 Å². The molecule has 140 valence electrons. The molecule has 0 bridgehead atoms. The minimum absolute atomic E-state index is 0.105. The van der Waals surface area contributed by atoms with Gasteiger partial charge in [-0.25, -0.2) is 9.37 Å². The first kappa shape index (κ1) is 19.2. The molecule has 9 heteroatoms. The summed E-state index contributed by atoms with van der Waals surface area (Å²) in [6, 6.07) is 10.7. The van der Waals surface area contributed by atoms with Gasteiger partial charge in [0.1, 0.15) is 5.82 Å². The summed E-state index contributed by atoms with van der Waals surface area (Å²) in [6.45, 7) is -0.105. The molecule has 0 unspecified atom stereocenters. The number of rotatable bonds is 6. The van der Waals surface area contributed by atoms with Crippen LogP contribution in [0.1, 0.15) is 0 Å². The van der Waals surface area contributed by atoms with Gasteiger partial charge in [0.25, 0.3) is 0 Å². The number of hydrogen-bond donors (Lipinski definition) is 2. The molecule has 1 aromatic heterocycles. The number of fused-ring (bicyclic) bond motifs is 1. The van der Waals surface area contributed by atoms with Crippen molar-refractivity contribution in [2.24, 2.45) is 0 Å². The van der Waals surface area contributed by atoms with Crippen molar-refractivity contribution >= 4 is 51.9 Å². The van der Waals surface area contributed by atoms with Crippen LogP contribution >= 0.6 is 23.4 Å². The topological polar surface area (TPSA) is 78.1 Å². The van der Waals surface area contributed by atoms with Gasteiger partial charge in [-0.2, -0.15) is 0 Å². The molecular formula is C18H16ClFN4O2S. The van der Waals surface area contributed by atoms with Crippen LogP contribution in [-0.2, 0) is 9.59 Å². The first-order valence-corrected chi connectivity index (χ1v) is 9.34. The lowest BCUT2D eigenvalue weighted by molar-refractivity contribution is -0.131. The van der Waals surface area contributed by atoms with Crippen LogP contribution in [0, 0.1) is 5.82 Å². The number of benzene rings is 2. The molecular weight excluding hydrogens is 391 g/mol. The van der Waals surface area contributed by atoms with Crippen LogP contribution in [0.15, 0.2) is 47.6 Å². The summed E-state index contributed by atoms with van der Waals surface area (Å²) in [4.78, 5) is 33.0. The predicted octanol–water partition coefficient (Wildman–Crippen LogP) is 3.54. The van der Waals surface area contributed by atoms with E-state index in [-0.39, 0.29) is 29.9 Å². The number of carbonyl (C=O) groups excluding carboxylic acids is 2. The Morgan fingerprint density at radius 2 is 2.00 bits per heavy atom. The van der Waals surface area contributed by atoms with Gasteiger partial charge in [0.15, 0.2) is 5.16 Å². The zero-order valence-electron chi connectivity index (χ0n) is 14.3. The van der Waals surface area contributed by atoms with E-state index >= 15 is 0 Å². The predicted molar refractivity (Wildman–Crippen MR) is 104 cm³/mol. The van der Waals surface area contributed by atoms with Gasteiger partial charge < -0.3 is 15.2 Å². The van der Waals surface area contributed by atoms with Gasteiger partial charge in [-0.15, -0.1) is 0 Å². The molecule has 0 atom stereocenters. The average Bonchev–Trinajstić information content (AvgIpc) is 3.03. The SMILES string of the molecule is CN(CC(=O)Nc1ccc(F)cc1)C(=O)CSc1nc2ccc(Cl)cc2[nH]1. The van der Waals surface area contributed by atoms with Gasteiger partial charge in [0.2, 0.25) is 11.8 Å². The molecule has 0 aliphatic carbocycles. The Hall–Kier alpha value is -2.58. The van der Waals surface area contributed by atoms with Crippen LogP contribution in [0.2, 0.25) is 5.02 Å². The normalized spacial score (nSPS) is 10.8. The number of H-pyrrole nitrogens is 1. The molecule has 0 aliphatic heterocycles. The number of aromatic nitrogens is 2. The smallest absolute Gasteiger partial charge is 0.243 e. The number of thioether (sulfide) groups is 1. The number of imidazole rings is 1. The number of halogens is 2. The summed E-state index contributed by atoms with van der Waals surface area (Å²) in [5, 5.41) is 3.82. The fourth-order valence-electron chi connectivity index (χ4n) is 2.30. The Kier molecular flexibility index (Phi) is 5.98. The molecule has 3 aromatic rings. The summed E-state index contributed by atoms with van der Waals surface area (Å²) < 4.78 is 12.9. The number of aromatic amines is 1. The third-order valence-electron chi connectivity index (χ3n) is 3.69. The maximum atomic E-state index is 12.9. The van der Waals surface area contributed by atoms with E-state index in [1.54, 1.807) is 25.2 Å². The van der Waals surface area contributed by atoms with Crippen molar-refractivity contribution in [3.63, 3.8) is 0 Å². The van der Waals surface area contributed by atoms with E-state index in [0.717, 1.165) is 11.0 Å². The van der Waals surface area contributed by atoms with Gasteiger partial charge in [0.05, 0.1) is 23.3 Å². The first-order valence-electron chi connectivity index (χ1n) is 7.98. The summed E-state index contributed by atoms with van der Waals surface area (Å²) in [7, 11) is 1.55. The second-order valence-corrected chi connectivity index (χ2v) is 7.20. The molecule has 0 radical (unpaired) electrons. The van der Waals surface area contributed by atoms with Crippen LogP contribution in [0.3, 0.4) is 0 Å². The number of carbonyl (C=O) groups is 2. The van der Waals surface area contributed by atoms with E-state index in [1.807, 2.05) is 0 Å². The minimum atomic E-state index is -0.384. The number of anilines is 1. The summed E-state index contributed by atoms with van der Waals surface area (Å²) >= 11 is 7.19. The summed E-state index contributed by atoms with van der Waals surface area (Å²) in [5.41, 5.74) is 2.03. The van der Waals surface area contributed by atoms with E-state index < -0.39 is 0 Å². The van der Waals surface area contributed by atoms with Gasteiger partial charge >= 0.3 is 0 Å². The quantitative estimate of drug-likeness (QED) is 0.614. The largest absolute Gasteiger partial charge is 0.336 e. The number of hydrogen-bond acceptors (Lipinski definition) is 4. The first-order chi connectivity index (χ1) is 12.9. The molecule has 2 aromatic carbocycles. The molecule has 1 heterocycles. The lowest BCUT2D eigenvalue weighted by atomic mass is 10.3. The van der Waals surface area contributed by atoms with Crippen molar-refractivity contribution in [2.75, 3.05) is 24.7 Å². The lowest BCUT2D eigenvalue weighted by Crippen LogP contribution is -2.35. The molecule has 0 saturated carbocycles. The standard InChI is InChI=1S/C18H16ClFN4O2S/c1-24(9-16(25)21-13-5-3-12(20)4-6-13)17(26)10-27-18-22-14-7-2-11(19)8-15(14)23-18/h2-8H,9-10H2,1H3,(H,21,25)(H,22,23). The lowest BCUT2D eigenvalue weighted by Gasteiger charge is -2.16. The Labute approximate surface area is 164 Å². The van der Waals surface area contributed by atoms with Crippen molar-refractivity contribution in [2.45, 2.75) is 5.16 Å². The summed E-state index contributed by atoms with van der Waals surface area (Å²) in [6.07, 6.45) is 0. The molecule has 0 aliphatic rings. The summed E-state index contributed by atoms with van der Waals surface area (Å²) in [5.74, 6) is -0.827. The van der Waals surface area contributed by atoms with E-state index in [4.69, 9.17) is 11.6 Å².